The summed E-state index contributed by atoms with van der Waals surface area (Å²) in [7, 11) is 0. The van der Waals surface area contributed by atoms with Crippen LogP contribution in [0, 0.1) is 0 Å². The molecule has 2 nitrogen and oxygen atoms in total. The molecule has 0 fully saturated rings. The first-order valence-electron chi connectivity index (χ1n) is 6.66. The summed E-state index contributed by atoms with van der Waals surface area (Å²) >= 11 is 0. The van der Waals surface area contributed by atoms with Gasteiger partial charge in [0.1, 0.15) is 6.33 Å². The molecule has 1 atom stereocenters. The number of aryl methyl sites for hydroxylation is 1. The molecule has 1 heterocycles. The molecule has 1 aromatic heterocycles. The SMILES string of the molecule is CCc1ccc(C(CC)Cc2cncnc2)cc1. The predicted molar refractivity (Wildman–Crippen MR) is 74.6 cm³/mol. The molecule has 2 aromatic rings. The molecule has 1 aromatic carbocycles. The van der Waals surface area contributed by atoms with Crippen LogP contribution in [0.1, 0.15) is 42.9 Å². The Kier molecular flexibility index (Phi) is 4.46. The summed E-state index contributed by atoms with van der Waals surface area (Å²) in [6, 6.07) is 8.99. The van der Waals surface area contributed by atoms with Crippen molar-refractivity contribution in [2.45, 2.75) is 39.0 Å². The lowest BCUT2D eigenvalue weighted by Gasteiger charge is -2.15. The standard InChI is InChI=1S/C16H20N2/c1-3-13-5-7-16(8-6-13)15(4-2)9-14-10-17-12-18-11-14/h5-8,10-12,15H,3-4,9H2,1-2H3. The Labute approximate surface area is 109 Å². The quantitative estimate of drug-likeness (QED) is 0.795. The van der Waals surface area contributed by atoms with Crippen LogP contribution in [0.4, 0.5) is 0 Å². The second kappa shape index (κ2) is 6.29. The Hall–Kier alpha value is -1.70. The van der Waals surface area contributed by atoms with Crippen LogP contribution in [0.2, 0.25) is 0 Å². The van der Waals surface area contributed by atoms with Gasteiger partial charge in [0, 0.05) is 12.4 Å². The van der Waals surface area contributed by atoms with Crippen molar-refractivity contribution < 1.29 is 0 Å². The highest BCUT2D eigenvalue weighted by Gasteiger charge is 2.10. The molecule has 0 spiro atoms. The molecule has 0 aliphatic rings. The Balaban J connectivity index is 2.12. The van der Waals surface area contributed by atoms with E-state index in [9.17, 15) is 0 Å². The lowest BCUT2D eigenvalue weighted by atomic mass is 9.90. The van der Waals surface area contributed by atoms with Crippen molar-refractivity contribution in [3.8, 4) is 0 Å². The van der Waals surface area contributed by atoms with E-state index >= 15 is 0 Å². The average molecular weight is 240 g/mol. The van der Waals surface area contributed by atoms with Gasteiger partial charge in [0.25, 0.3) is 0 Å². The van der Waals surface area contributed by atoms with Gasteiger partial charge in [0.05, 0.1) is 0 Å². The van der Waals surface area contributed by atoms with Crippen molar-refractivity contribution >= 4 is 0 Å². The van der Waals surface area contributed by atoms with E-state index in [0.29, 0.717) is 5.92 Å². The minimum atomic E-state index is 0.557. The molecule has 0 saturated carbocycles. The molecule has 0 aliphatic carbocycles. The van der Waals surface area contributed by atoms with Gasteiger partial charge in [0.2, 0.25) is 0 Å². The number of hydrogen-bond donors (Lipinski definition) is 0. The number of nitrogens with zero attached hydrogens (tertiary/aromatic N) is 2. The fraction of sp³-hybridized carbons (Fsp3) is 0.375. The maximum absolute atomic E-state index is 4.08. The van der Waals surface area contributed by atoms with Crippen molar-refractivity contribution in [3.63, 3.8) is 0 Å². The Bertz CT molecular complexity index is 462. The molecule has 0 bridgehead atoms. The third kappa shape index (κ3) is 3.16. The van der Waals surface area contributed by atoms with E-state index in [1.807, 2.05) is 12.4 Å². The van der Waals surface area contributed by atoms with Crippen LogP contribution in [0.25, 0.3) is 0 Å². The molecule has 0 radical (unpaired) electrons. The van der Waals surface area contributed by atoms with Crippen molar-refractivity contribution in [2.75, 3.05) is 0 Å². The van der Waals surface area contributed by atoms with E-state index in [0.717, 1.165) is 19.3 Å². The van der Waals surface area contributed by atoms with Gasteiger partial charge in [-0.15, -0.1) is 0 Å². The Morgan fingerprint density at radius 3 is 2.17 bits per heavy atom. The second-order valence-electron chi connectivity index (χ2n) is 4.65. The maximum Gasteiger partial charge on any atom is 0.115 e. The maximum atomic E-state index is 4.08. The van der Waals surface area contributed by atoms with E-state index in [-0.39, 0.29) is 0 Å². The normalized spacial score (nSPS) is 12.3. The number of hydrogen-bond acceptors (Lipinski definition) is 2. The molecular weight excluding hydrogens is 220 g/mol. The monoisotopic (exact) mass is 240 g/mol. The van der Waals surface area contributed by atoms with Gasteiger partial charge in [-0.3, -0.25) is 0 Å². The summed E-state index contributed by atoms with van der Waals surface area (Å²) in [5.41, 5.74) is 4.03. The Morgan fingerprint density at radius 2 is 1.61 bits per heavy atom. The predicted octanol–water partition coefficient (Wildman–Crippen LogP) is 3.78. The fourth-order valence-corrected chi connectivity index (χ4v) is 2.24. The van der Waals surface area contributed by atoms with Gasteiger partial charge in [-0.25, -0.2) is 9.97 Å². The topological polar surface area (TPSA) is 25.8 Å². The highest BCUT2D eigenvalue weighted by molar-refractivity contribution is 5.26. The molecule has 0 N–H and O–H groups in total. The molecule has 0 amide bonds. The van der Waals surface area contributed by atoms with Gasteiger partial charge >= 0.3 is 0 Å². The van der Waals surface area contributed by atoms with Crippen LogP contribution in [-0.4, -0.2) is 9.97 Å². The summed E-state index contributed by atoms with van der Waals surface area (Å²) in [5, 5.41) is 0. The number of aromatic nitrogens is 2. The average Bonchev–Trinajstić information content (AvgIpc) is 2.46. The van der Waals surface area contributed by atoms with Crippen molar-refractivity contribution in [1.29, 1.82) is 0 Å². The highest BCUT2D eigenvalue weighted by Crippen LogP contribution is 2.24. The lowest BCUT2D eigenvalue weighted by molar-refractivity contribution is 0.656. The first-order valence-corrected chi connectivity index (χ1v) is 6.66. The van der Waals surface area contributed by atoms with Crippen LogP contribution in [0.3, 0.4) is 0 Å². The van der Waals surface area contributed by atoms with E-state index < -0.39 is 0 Å². The van der Waals surface area contributed by atoms with Crippen LogP contribution in [0.5, 0.6) is 0 Å². The smallest absolute Gasteiger partial charge is 0.115 e. The molecule has 2 rings (SSSR count). The molecular formula is C16H20N2. The van der Waals surface area contributed by atoms with Gasteiger partial charge < -0.3 is 0 Å². The fourth-order valence-electron chi connectivity index (χ4n) is 2.24. The van der Waals surface area contributed by atoms with Crippen LogP contribution in [-0.2, 0) is 12.8 Å². The van der Waals surface area contributed by atoms with Crippen LogP contribution in [0.15, 0.2) is 43.0 Å². The van der Waals surface area contributed by atoms with E-state index in [2.05, 4.69) is 48.1 Å². The van der Waals surface area contributed by atoms with E-state index in [1.165, 1.54) is 16.7 Å². The minimum Gasteiger partial charge on any atom is -0.245 e. The first kappa shape index (κ1) is 12.7. The zero-order chi connectivity index (χ0) is 12.8. The highest BCUT2D eigenvalue weighted by atomic mass is 14.8. The minimum absolute atomic E-state index is 0.557. The molecule has 94 valence electrons. The van der Waals surface area contributed by atoms with Gasteiger partial charge in [-0.1, -0.05) is 38.1 Å². The number of rotatable bonds is 5. The first-order chi connectivity index (χ1) is 8.83. The van der Waals surface area contributed by atoms with E-state index in [1.54, 1.807) is 6.33 Å². The van der Waals surface area contributed by atoms with Gasteiger partial charge in [0.15, 0.2) is 0 Å². The molecule has 0 aliphatic heterocycles. The second-order valence-corrected chi connectivity index (χ2v) is 4.65. The van der Waals surface area contributed by atoms with Gasteiger partial charge in [-0.2, -0.15) is 0 Å². The summed E-state index contributed by atoms with van der Waals surface area (Å²) in [6.45, 7) is 4.43. The van der Waals surface area contributed by atoms with Crippen LogP contribution >= 0.6 is 0 Å². The molecule has 2 heteroatoms. The molecule has 1 unspecified atom stereocenters. The lowest BCUT2D eigenvalue weighted by Crippen LogP contribution is -2.02. The third-order valence-corrected chi connectivity index (χ3v) is 3.45. The van der Waals surface area contributed by atoms with E-state index in [4.69, 9.17) is 0 Å². The summed E-state index contributed by atoms with van der Waals surface area (Å²) in [5.74, 6) is 0.557. The van der Waals surface area contributed by atoms with Crippen molar-refractivity contribution in [3.05, 3.63) is 59.7 Å². The molecule has 0 saturated heterocycles. The van der Waals surface area contributed by atoms with Gasteiger partial charge in [-0.05, 0) is 41.9 Å². The summed E-state index contributed by atoms with van der Waals surface area (Å²) in [4.78, 5) is 8.16. The zero-order valence-electron chi connectivity index (χ0n) is 11.1. The Morgan fingerprint density at radius 1 is 0.944 bits per heavy atom. The third-order valence-electron chi connectivity index (χ3n) is 3.45. The largest absolute Gasteiger partial charge is 0.245 e. The van der Waals surface area contributed by atoms with Crippen molar-refractivity contribution in [2.24, 2.45) is 0 Å². The van der Waals surface area contributed by atoms with Crippen LogP contribution < -0.4 is 0 Å². The molecule has 18 heavy (non-hydrogen) atoms. The summed E-state index contributed by atoms with van der Waals surface area (Å²) < 4.78 is 0. The zero-order valence-corrected chi connectivity index (χ0v) is 11.1. The number of benzene rings is 1. The van der Waals surface area contributed by atoms with Crippen molar-refractivity contribution in [1.82, 2.24) is 9.97 Å². The summed E-state index contributed by atoms with van der Waals surface area (Å²) in [6.07, 6.45) is 8.67.